The Morgan fingerprint density at radius 2 is 2.12 bits per heavy atom. The number of piperidine rings is 1. The van der Waals surface area contributed by atoms with E-state index in [4.69, 9.17) is 5.73 Å². The van der Waals surface area contributed by atoms with Crippen LogP contribution in [0.5, 0.6) is 0 Å². The molecule has 2 atom stereocenters. The predicted molar refractivity (Wildman–Crippen MR) is 70.8 cm³/mol. The van der Waals surface area contributed by atoms with Crippen molar-refractivity contribution in [2.45, 2.75) is 58.5 Å². The fourth-order valence-corrected chi connectivity index (χ4v) is 2.07. The molecule has 1 fully saturated rings. The van der Waals surface area contributed by atoms with Crippen LogP contribution in [0.3, 0.4) is 0 Å². The summed E-state index contributed by atoms with van der Waals surface area (Å²) < 4.78 is 0. The summed E-state index contributed by atoms with van der Waals surface area (Å²) in [5.41, 5.74) is 6.07. The number of hydrogen-bond donors (Lipinski definition) is 2. The van der Waals surface area contributed by atoms with E-state index in [9.17, 15) is 4.79 Å². The van der Waals surface area contributed by atoms with Crippen molar-refractivity contribution in [3.05, 3.63) is 0 Å². The van der Waals surface area contributed by atoms with Crippen LogP contribution in [0.1, 0.15) is 47.0 Å². The van der Waals surface area contributed by atoms with Crippen LogP contribution >= 0.6 is 0 Å². The fraction of sp³-hybridized carbons (Fsp3) is 0.923. The van der Waals surface area contributed by atoms with E-state index in [-0.39, 0.29) is 17.6 Å². The molecule has 3 N–H and O–H groups in total. The van der Waals surface area contributed by atoms with Crippen LogP contribution in [0, 0.1) is 5.92 Å². The zero-order valence-electron chi connectivity index (χ0n) is 11.6. The number of amides is 2. The van der Waals surface area contributed by atoms with Crippen LogP contribution in [0.4, 0.5) is 4.79 Å². The maximum Gasteiger partial charge on any atom is 0.317 e. The van der Waals surface area contributed by atoms with Gasteiger partial charge in [0.1, 0.15) is 0 Å². The van der Waals surface area contributed by atoms with Gasteiger partial charge in [0.25, 0.3) is 0 Å². The first kappa shape index (κ1) is 14.3. The summed E-state index contributed by atoms with van der Waals surface area (Å²) in [7, 11) is 0. The van der Waals surface area contributed by atoms with E-state index in [0.29, 0.717) is 12.5 Å². The van der Waals surface area contributed by atoms with Gasteiger partial charge in [0.05, 0.1) is 0 Å². The topological polar surface area (TPSA) is 58.4 Å². The number of likely N-dealkylation sites (tertiary alicyclic amines) is 1. The van der Waals surface area contributed by atoms with E-state index in [1.165, 1.54) is 0 Å². The minimum absolute atomic E-state index is 0.0363. The average Bonchev–Trinajstić information content (AvgIpc) is 2.29. The fourth-order valence-electron chi connectivity index (χ4n) is 2.07. The molecule has 1 aliphatic rings. The number of carbonyl (C=O) groups is 1. The monoisotopic (exact) mass is 241 g/mol. The molecule has 0 aliphatic carbocycles. The summed E-state index contributed by atoms with van der Waals surface area (Å²) in [6.45, 7) is 9.87. The van der Waals surface area contributed by atoms with Gasteiger partial charge in [-0.3, -0.25) is 0 Å². The lowest BCUT2D eigenvalue weighted by Crippen LogP contribution is -2.58. The van der Waals surface area contributed by atoms with Gasteiger partial charge in [-0.05, 0) is 32.1 Å². The summed E-state index contributed by atoms with van der Waals surface area (Å²) in [5.74, 6) is 0.456. The van der Waals surface area contributed by atoms with Crippen LogP contribution in [0.2, 0.25) is 0 Å². The van der Waals surface area contributed by atoms with Gasteiger partial charge in [-0.2, -0.15) is 0 Å². The standard InChI is InChI=1S/C13H27N3O/c1-5-13(14)7-6-8-16(9-13)12(17)15-11(4)10(2)3/h10-11H,5-9,14H2,1-4H3,(H,15,17). The van der Waals surface area contributed by atoms with Gasteiger partial charge in [-0.15, -0.1) is 0 Å². The van der Waals surface area contributed by atoms with E-state index in [2.05, 4.69) is 26.1 Å². The van der Waals surface area contributed by atoms with Crippen LogP contribution in [0.15, 0.2) is 0 Å². The van der Waals surface area contributed by atoms with Crippen LogP contribution < -0.4 is 11.1 Å². The Morgan fingerprint density at radius 3 is 2.65 bits per heavy atom. The molecule has 0 saturated carbocycles. The van der Waals surface area contributed by atoms with Crippen molar-refractivity contribution in [2.75, 3.05) is 13.1 Å². The molecule has 0 radical (unpaired) electrons. The summed E-state index contributed by atoms with van der Waals surface area (Å²) >= 11 is 0. The molecule has 0 aromatic carbocycles. The first-order chi connectivity index (χ1) is 7.88. The van der Waals surface area contributed by atoms with E-state index in [1.54, 1.807) is 0 Å². The lowest BCUT2D eigenvalue weighted by Gasteiger charge is -2.40. The molecule has 2 unspecified atom stereocenters. The summed E-state index contributed by atoms with van der Waals surface area (Å²) in [5, 5.41) is 3.04. The van der Waals surface area contributed by atoms with Crippen molar-refractivity contribution >= 4 is 6.03 Å². The van der Waals surface area contributed by atoms with Crippen molar-refractivity contribution in [1.82, 2.24) is 10.2 Å². The van der Waals surface area contributed by atoms with Gasteiger partial charge in [0.2, 0.25) is 0 Å². The second-order valence-corrected chi connectivity index (χ2v) is 5.72. The normalized spacial score (nSPS) is 27.1. The quantitative estimate of drug-likeness (QED) is 0.793. The minimum Gasteiger partial charge on any atom is -0.335 e. The van der Waals surface area contributed by atoms with Gasteiger partial charge in [-0.1, -0.05) is 20.8 Å². The van der Waals surface area contributed by atoms with E-state index in [1.807, 2.05) is 11.8 Å². The lowest BCUT2D eigenvalue weighted by molar-refractivity contribution is 0.145. The molecule has 0 spiro atoms. The lowest BCUT2D eigenvalue weighted by atomic mass is 9.88. The first-order valence-electron chi connectivity index (χ1n) is 6.72. The smallest absolute Gasteiger partial charge is 0.317 e. The number of nitrogens with one attached hydrogen (secondary N) is 1. The number of hydrogen-bond acceptors (Lipinski definition) is 2. The second-order valence-electron chi connectivity index (χ2n) is 5.72. The van der Waals surface area contributed by atoms with E-state index < -0.39 is 0 Å². The summed E-state index contributed by atoms with van der Waals surface area (Å²) in [6, 6.07) is 0.243. The maximum atomic E-state index is 12.1. The highest BCUT2D eigenvalue weighted by Gasteiger charge is 2.32. The Kier molecular flexibility index (Phi) is 4.80. The largest absolute Gasteiger partial charge is 0.335 e. The van der Waals surface area contributed by atoms with Crippen molar-refractivity contribution in [2.24, 2.45) is 11.7 Å². The van der Waals surface area contributed by atoms with Crippen molar-refractivity contribution < 1.29 is 4.79 Å². The number of urea groups is 1. The molecule has 17 heavy (non-hydrogen) atoms. The molecular weight excluding hydrogens is 214 g/mol. The third kappa shape index (κ3) is 3.87. The highest BCUT2D eigenvalue weighted by atomic mass is 16.2. The third-order valence-corrected chi connectivity index (χ3v) is 3.95. The Labute approximate surface area is 105 Å². The predicted octanol–water partition coefficient (Wildman–Crippen LogP) is 1.94. The van der Waals surface area contributed by atoms with Crippen molar-refractivity contribution in [1.29, 1.82) is 0 Å². The van der Waals surface area contributed by atoms with Crippen LogP contribution in [-0.2, 0) is 0 Å². The molecule has 0 aromatic heterocycles. The Balaban J connectivity index is 2.52. The van der Waals surface area contributed by atoms with Crippen LogP contribution in [0.25, 0.3) is 0 Å². The third-order valence-electron chi connectivity index (χ3n) is 3.95. The molecule has 1 aliphatic heterocycles. The molecule has 1 rings (SSSR count). The van der Waals surface area contributed by atoms with Gasteiger partial charge in [0, 0.05) is 24.7 Å². The number of nitrogens with two attached hydrogens (primary N) is 1. The highest BCUT2D eigenvalue weighted by molar-refractivity contribution is 5.74. The summed E-state index contributed by atoms with van der Waals surface area (Å²) in [4.78, 5) is 13.9. The Morgan fingerprint density at radius 1 is 1.47 bits per heavy atom. The highest BCUT2D eigenvalue weighted by Crippen LogP contribution is 2.21. The van der Waals surface area contributed by atoms with E-state index >= 15 is 0 Å². The molecule has 100 valence electrons. The SMILES string of the molecule is CCC1(N)CCCN(C(=O)NC(C)C(C)C)C1. The molecular formula is C13H27N3O. The molecule has 4 heteroatoms. The molecule has 4 nitrogen and oxygen atoms in total. The zero-order chi connectivity index (χ0) is 13.1. The zero-order valence-corrected chi connectivity index (χ0v) is 11.6. The molecule has 1 heterocycles. The number of carbonyl (C=O) groups excluding carboxylic acids is 1. The molecule has 0 bridgehead atoms. The maximum absolute atomic E-state index is 12.1. The van der Waals surface area contributed by atoms with Gasteiger partial charge < -0.3 is 16.0 Å². The molecule has 2 amide bonds. The average molecular weight is 241 g/mol. The Hall–Kier alpha value is -0.770. The second kappa shape index (κ2) is 5.71. The van der Waals surface area contributed by atoms with Gasteiger partial charge in [-0.25, -0.2) is 4.79 Å². The van der Waals surface area contributed by atoms with E-state index in [0.717, 1.165) is 25.8 Å². The molecule has 0 aromatic rings. The number of rotatable bonds is 3. The molecule has 1 saturated heterocycles. The van der Waals surface area contributed by atoms with Crippen molar-refractivity contribution in [3.63, 3.8) is 0 Å². The first-order valence-corrected chi connectivity index (χ1v) is 6.72. The van der Waals surface area contributed by atoms with Gasteiger partial charge >= 0.3 is 6.03 Å². The van der Waals surface area contributed by atoms with Crippen molar-refractivity contribution in [3.8, 4) is 0 Å². The summed E-state index contributed by atoms with van der Waals surface area (Å²) in [6.07, 6.45) is 2.96. The van der Waals surface area contributed by atoms with Crippen LogP contribution in [-0.4, -0.2) is 35.6 Å². The minimum atomic E-state index is -0.184. The number of nitrogens with zero attached hydrogens (tertiary/aromatic N) is 1. The van der Waals surface area contributed by atoms with Gasteiger partial charge in [0.15, 0.2) is 0 Å². The Bertz CT molecular complexity index is 267.